The van der Waals surface area contributed by atoms with Gasteiger partial charge in [-0.15, -0.1) is 11.8 Å². The summed E-state index contributed by atoms with van der Waals surface area (Å²) in [4.78, 5) is 15.9. The van der Waals surface area contributed by atoms with E-state index in [-0.39, 0.29) is 5.54 Å². The van der Waals surface area contributed by atoms with E-state index in [2.05, 4.69) is 30.1 Å². The number of fused-ring (bicyclic) bond motifs is 1. The summed E-state index contributed by atoms with van der Waals surface area (Å²) in [6, 6.07) is 6.39. The van der Waals surface area contributed by atoms with Crippen molar-refractivity contribution in [2.24, 2.45) is 4.99 Å². The molecule has 0 amide bonds. The molecule has 1 heterocycles. The fourth-order valence-electron chi connectivity index (χ4n) is 2.52. The van der Waals surface area contributed by atoms with Crippen LogP contribution >= 0.6 is 11.8 Å². The van der Waals surface area contributed by atoms with Gasteiger partial charge < -0.3 is 0 Å². The summed E-state index contributed by atoms with van der Waals surface area (Å²) >= 11 is 1.93. The molecule has 3 heteroatoms. The normalized spacial score (nSPS) is 24.7. The lowest BCUT2D eigenvalue weighted by atomic mass is 9.96. The Morgan fingerprint density at radius 3 is 3.00 bits per heavy atom. The predicted molar refractivity (Wildman–Crippen MR) is 64.5 cm³/mol. The maximum Gasteiger partial charge on any atom is 0.235 e. The zero-order valence-electron chi connectivity index (χ0n) is 9.19. The van der Waals surface area contributed by atoms with Crippen LogP contribution in [0, 0.1) is 0 Å². The number of rotatable bonds is 2. The summed E-state index contributed by atoms with van der Waals surface area (Å²) < 4.78 is 0. The molecule has 0 radical (unpaired) electrons. The van der Waals surface area contributed by atoms with Crippen LogP contribution in [0.5, 0.6) is 0 Å². The standard InChI is InChI=1S/C13H13NOS/c1-9-7-10-11(3-2-4-12(10)16-9)13(5-6-13)14-8-15/h2-4,9H,5-7H2,1H3. The Kier molecular flexibility index (Phi) is 2.20. The lowest BCUT2D eigenvalue weighted by molar-refractivity contribution is 0.556. The van der Waals surface area contributed by atoms with E-state index < -0.39 is 0 Å². The zero-order chi connectivity index (χ0) is 11.2. The summed E-state index contributed by atoms with van der Waals surface area (Å²) in [7, 11) is 0. The molecular weight excluding hydrogens is 218 g/mol. The van der Waals surface area contributed by atoms with Crippen LogP contribution in [-0.4, -0.2) is 11.3 Å². The minimum atomic E-state index is -0.211. The van der Waals surface area contributed by atoms with E-state index in [0.29, 0.717) is 5.25 Å². The van der Waals surface area contributed by atoms with Gasteiger partial charge >= 0.3 is 0 Å². The van der Waals surface area contributed by atoms with Gasteiger partial charge in [-0.3, -0.25) is 0 Å². The SMILES string of the molecule is CC1Cc2c(cccc2C2(N=C=O)CC2)S1. The number of hydrogen-bond donors (Lipinski definition) is 0. The van der Waals surface area contributed by atoms with Crippen LogP contribution in [0.3, 0.4) is 0 Å². The van der Waals surface area contributed by atoms with Crippen molar-refractivity contribution in [3.05, 3.63) is 29.3 Å². The lowest BCUT2D eigenvalue weighted by Gasteiger charge is -2.12. The molecule has 1 saturated carbocycles. The number of isocyanates is 1. The van der Waals surface area contributed by atoms with Gasteiger partial charge in [0.15, 0.2) is 0 Å². The molecule has 0 spiro atoms. The van der Waals surface area contributed by atoms with Gasteiger partial charge in [-0.1, -0.05) is 19.1 Å². The van der Waals surface area contributed by atoms with E-state index in [9.17, 15) is 4.79 Å². The van der Waals surface area contributed by atoms with Crippen molar-refractivity contribution in [1.29, 1.82) is 0 Å². The second-order valence-corrected chi connectivity index (χ2v) is 6.13. The second kappa shape index (κ2) is 3.47. The quantitative estimate of drug-likeness (QED) is 0.578. The first-order chi connectivity index (χ1) is 7.75. The van der Waals surface area contributed by atoms with Crippen LogP contribution in [0.25, 0.3) is 0 Å². The third kappa shape index (κ3) is 1.43. The Morgan fingerprint density at radius 1 is 1.50 bits per heavy atom. The van der Waals surface area contributed by atoms with E-state index >= 15 is 0 Å². The van der Waals surface area contributed by atoms with Gasteiger partial charge in [0.2, 0.25) is 6.08 Å². The van der Waals surface area contributed by atoms with E-state index in [1.165, 1.54) is 16.0 Å². The third-order valence-electron chi connectivity index (χ3n) is 3.44. The maximum absolute atomic E-state index is 10.5. The summed E-state index contributed by atoms with van der Waals surface area (Å²) in [6.45, 7) is 2.25. The first-order valence-electron chi connectivity index (χ1n) is 5.63. The summed E-state index contributed by atoms with van der Waals surface area (Å²) in [5.41, 5.74) is 2.47. The lowest BCUT2D eigenvalue weighted by Crippen LogP contribution is -2.07. The molecule has 0 saturated heterocycles. The summed E-state index contributed by atoms with van der Waals surface area (Å²) in [5.74, 6) is 0. The van der Waals surface area contributed by atoms with Crippen LogP contribution in [0.2, 0.25) is 0 Å². The van der Waals surface area contributed by atoms with Crippen LogP contribution in [0.1, 0.15) is 30.9 Å². The molecule has 1 aliphatic carbocycles. The summed E-state index contributed by atoms with van der Waals surface area (Å²) in [5, 5.41) is 0.646. The van der Waals surface area contributed by atoms with E-state index in [1.54, 1.807) is 6.08 Å². The molecule has 2 aliphatic rings. The molecule has 16 heavy (non-hydrogen) atoms. The fourth-order valence-corrected chi connectivity index (χ4v) is 3.69. The molecule has 3 rings (SSSR count). The van der Waals surface area contributed by atoms with Crippen molar-refractivity contribution in [2.75, 3.05) is 0 Å². The van der Waals surface area contributed by atoms with E-state index in [4.69, 9.17) is 0 Å². The molecule has 82 valence electrons. The van der Waals surface area contributed by atoms with Gasteiger partial charge in [0, 0.05) is 10.1 Å². The highest BCUT2D eigenvalue weighted by atomic mass is 32.2. The third-order valence-corrected chi connectivity index (χ3v) is 4.64. The van der Waals surface area contributed by atoms with Gasteiger partial charge in [0.25, 0.3) is 0 Å². The van der Waals surface area contributed by atoms with Gasteiger partial charge in [0.1, 0.15) is 0 Å². The molecule has 1 aromatic carbocycles. The van der Waals surface area contributed by atoms with Crippen LogP contribution in [-0.2, 0) is 16.8 Å². The van der Waals surface area contributed by atoms with Crippen molar-refractivity contribution in [3.8, 4) is 0 Å². The highest BCUT2D eigenvalue weighted by molar-refractivity contribution is 8.00. The van der Waals surface area contributed by atoms with Gasteiger partial charge in [-0.2, -0.15) is 4.99 Å². The van der Waals surface area contributed by atoms with Crippen molar-refractivity contribution in [3.63, 3.8) is 0 Å². The smallest absolute Gasteiger partial charge is 0.211 e. The number of nitrogens with zero attached hydrogens (tertiary/aromatic N) is 1. The van der Waals surface area contributed by atoms with Crippen LogP contribution in [0.15, 0.2) is 28.1 Å². The molecule has 1 fully saturated rings. The van der Waals surface area contributed by atoms with Gasteiger partial charge in [0.05, 0.1) is 5.54 Å². The maximum atomic E-state index is 10.5. The molecule has 0 bridgehead atoms. The van der Waals surface area contributed by atoms with Crippen LogP contribution < -0.4 is 0 Å². The average molecular weight is 231 g/mol. The minimum absolute atomic E-state index is 0.211. The number of carbonyl (C=O) groups excluding carboxylic acids is 1. The average Bonchev–Trinajstić information content (AvgIpc) is 2.92. The molecule has 2 nitrogen and oxygen atoms in total. The Labute approximate surface area is 99.2 Å². The Balaban J connectivity index is 2.10. The van der Waals surface area contributed by atoms with Crippen molar-refractivity contribution in [1.82, 2.24) is 0 Å². The predicted octanol–water partition coefficient (Wildman–Crippen LogP) is 3.05. The largest absolute Gasteiger partial charge is 0.235 e. The molecule has 0 aromatic heterocycles. The second-order valence-electron chi connectivity index (χ2n) is 4.65. The van der Waals surface area contributed by atoms with E-state index in [1.807, 2.05) is 11.8 Å². The fraction of sp³-hybridized carbons (Fsp3) is 0.462. The van der Waals surface area contributed by atoms with Crippen molar-refractivity contribution < 1.29 is 4.79 Å². The minimum Gasteiger partial charge on any atom is -0.211 e. The first kappa shape index (κ1) is 10.1. The molecule has 0 N–H and O–H groups in total. The Bertz CT molecular complexity index is 487. The first-order valence-corrected chi connectivity index (χ1v) is 6.51. The number of benzene rings is 1. The summed E-state index contributed by atoms with van der Waals surface area (Å²) in [6.07, 6.45) is 4.84. The zero-order valence-corrected chi connectivity index (χ0v) is 10.0. The monoisotopic (exact) mass is 231 g/mol. The molecule has 1 atom stereocenters. The van der Waals surface area contributed by atoms with Crippen molar-refractivity contribution in [2.45, 2.75) is 41.9 Å². The van der Waals surface area contributed by atoms with Gasteiger partial charge in [-0.05, 0) is 36.5 Å². The molecule has 1 aromatic rings. The topological polar surface area (TPSA) is 29.4 Å². The Hall–Kier alpha value is -1.05. The van der Waals surface area contributed by atoms with Crippen molar-refractivity contribution >= 4 is 17.8 Å². The number of aliphatic imine (C=N–C) groups is 1. The Morgan fingerprint density at radius 2 is 2.31 bits per heavy atom. The number of thioether (sulfide) groups is 1. The highest BCUT2D eigenvalue weighted by Crippen LogP contribution is 2.53. The molecular formula is C13H13NOS. The van der Waals surface area contributed by atoms with Crippen LogP contribution in [0.4, 0.5) is 0 Å². The number of hydrogen-bond acceptors (Lipinski definition) is 3. The van der Waals surface area contributed by atoms with Gasteiger partial charge in [-0.25, -0.2) is 4.79 Å². The van der Waals surface area contributed by atoms with E-state index in [0.717, 1.165) is 19.3 Å². The molecule has 1 unspecified atom stereocenters. The highest BCUT2D eigenvalue weighted by Gasteiger charge is 2.47. The molecule has 1 aliphatic heterocycles.